The summed E-state index contributed by atoms with van der Waals surface area (Å²) >= 11 is 0. The Hall–Kier alpha value is -0.0800. The molecule has 0 aromatic heterocycles. The summed E-state index contributed by atoms with van der Waals surface area (Å²) in [4.78, 5) is 0. The highest BCUT2D eigenvalue weighted by Crippen LogP contribution is 2.01. The maximum atomic E-state index is 3.88. The maximum Gasteiger partial charge on any atom is 0.0193 e. The third-order valence-electron chi connectivity index (χ3n) is 2.29. The zero-order chi connectivity index (χ0) is 8.10. The van der Waals surface area contributed by atoms with E-state index in [9.17, 15) is 0 Å². The molecule has 0 bridgehead atoms. The fraction of sp³-hybridized carbons (Fsp3) is 0.889. The quantitative estimate of drug-likeness (QED) is 0.634. The lowest BCUT2D eigenvalue weighted by molar-refractivity contribution is 0.332. The summed E-state index contributed by atoms with van der Waals surface area (Å²) in [5.74, 6) is 0. The van der Waals surface area contributed by atoms with E-state index in [0.717, 1.165) is 19.5 Å². The summed E-state index contributed by atoms with van der Waals surface area (Å²) in [7, 11) is 0. The van der Waals surface area contributed by atoms with Crippen molar-refractivity contribution in [2.75, 3.05) is 13.1 Å². The minimum atomic E-state index is 0.600. The predicted octanol–water partition coefficient (Wildman–Crippen LogP) is 0.941. The SMILES string of the molecule is [CH2]CC1CNC(CCC)CN1. The van der Waals surface area contributed by atoms with Gasteiger partial charge in [-0.1, -0.05) is 20.3 Å². The molecule has 11 heavy (non-hydrogen) atoms. The average Bonchev–Trinajstić information content (AvgIpc) is 2.07. The molecule has 2 unspecified atom stereocenters. The molecule has 0 saturated carbocycles. The minimum absolute atomic E-state index is 0.600. The molecule has 0 spiro atoms. The fourth-order valence-electron chi connectivity index (χ4n) is 1.52. The van der Waals surface area contributed by atoms with Crippen molar-refractivity contribution >= 4 is 0 Å². The van der Waals surface area contributed by atoms with Crippen molar-refractivity contribution in [3.05, 3.63) is 6.92 Å². The van der Waals surface area contributed by atoms with E-state index in [2.05, 4.69) is 24.5 Å². The number of rotatable bonds is 3. The van der Waals surface area contributed by atoms with Gasteiger partial charge in [0, 0.05) is 25.2 Å². The second-order valence-electron chi connectivity index (χ2n) is 3.29. The summed E-state index contributed by atoms with van der Waals surface area (Å²) in [5.41, 5.74) is 0. The topological polar surface area (TPSA) is 24.1 Å². The van der Waals surface area contributed by atoms with Crippen LogP contribution in [-0.2, 0) is 0 Å². The standard InChI is InChI=1S/C9H19N2/c1-3-5-9-7-10-8(4-2)6-11-9/h8-11H,2-7H2,1H3. The summed E-state index contributed by atoms with van der Waals surface area (Å²) in [6.45, 7) is 8.32. The summed E-state index contributed by atoms with van der Waals surface area (Å²) < 4.78 is 0. The first-order chi connectivity index (χ1) is 5.36. The van der Waals surface area contributed by atoms with E-state index in [0.29, 0.717) is 12.1 Å². The van der Waals surface area contributed by atoms with Crippen molar-refractivity contribution in [3.8, 4) is 0 Å². The normalized spacial score (nSPS) is 32.2. The second-order valence-corrected chi connectivity index (χ2v) is 3.29. The van der Waals surface area contributed by atoms with Crippen molar-refractivity contribution in [1.82, 2.24) is 10.6 Å². The summed E-state index contributed by atoms with van der Waals surface area (Å²) in [5, 5.41) is 7.00. The van der Waals surface area contributed by atoms with Gasteiger partial charge in [0.05, 0.1) is 0 Å². The van der Waals surface area contributed by atoms with E-state index in [-0.39, 0.29) is 0 Å². The van der Waals surface area contributed by atoms with Gasteiger partial charge < -0.3 is 10.6 Å². The van der Waals surface area contributed by atoms with Crippen LogP contribution in [0.25, 0.3) is 0 Å². The van der Waals surface area contributed by atoms with Crippen molar-refractivity contribution in [1.29, 1.82) is 0 Å². The largest absolute Gasteiger partial charge is 0.311 e. The molecule has 0 aromatic rings. The van der Waals surface area contributed by atoms with Gasteiger partial charge in [-0.2, -0.15) is 0 Å². The molecule has 0 aromatic carbocycles. The monoisotopic (exact) mass is 155 g/mol. The molecule has 0 aliphatic carbocycles. The molecule has 1 aliphatic heterocycles. The van der Waals surface area contributed by atoms with Gasteiger partial charge in [-0.3, -0.25) is 0 Å². The van der Waals surface area contributed by atoms with Crippen LogP contribution in [0, 0.1) is 6.92 Å². The lowest BCUT2D eigenvalue weighted by atomic mass is 10.1. The van der Waals surface area contributed by atoms with E-state index in [4.69, 9.17) is 0 Å². The van der Waals surface area contributed by atoms with Crippen LogP contribution in [0.5, 0.6) is 0 Å². The van der Waals surface area contributed by atoms with E-state index in [1.807, 2.05) is 0 Å². The van der Waals surface area contributed by atoms with Crippen LogP contribution in [-0.4, -0.2) is 25.2 Å². The molecule has 1 saturated heterocycles. The highest BCUT2D eigenvalue weighted by Gasteiger charge is 2.16. The Balaban J connectivity index is 2.14. The Kier molecular flexibility index (Phi) is 3.87. The minimum Gasteiger partial charge on any atom is -0.311 e. The zero-order valence-corrected chi connectivity index (χ0v) is 7.40. The Morgan fingerprint density at radius 1 is 1.27 bits per heavy atom. The molecular weight excluding hydrogens is 136 g/mol. The highest BCUT2D eigenvalue weighted by atomic mass is 15.1. The average molecular weight is 155 g/mol. The lowest BCUT2D eigenvalue weighted by Gasteiger charge is -2.30. The van der Waals surface area contributed by atoms with Gasteiger partial charge in [-0.05, 0) is 12.8 Å². The van der Waals surface area contributed by atoms with Gasteiger partial charge in [-0.25, -0.2) is 0 Å². The van der Waals surface area contributed by atoms with Crippen LogP contribution in [0.3, 0.4) is 0 Å². The molecule has 2 nitrogen and oxygen atoms in total. The molecule has 2 N–H and O–H groups in total. The predicted molar refractivity (Wildman–Crippen MR) is 48.5 cm³/mol. The second kappa shape index (κ2) is 4.73. The van der Waals surface area contributed by atoms with Crippen LogP contribution < -0.4 is 10.6 Å². The van der Waals surface area contributed by atoms with E-state index >= 15 is 0 Å². The lowest BCUT2D eigenvalue weighted by Crippen LogP contribution is -2.53. The van der Waals surface area contributed by atoms with Crippen molar-refractivity contribution in [2.45, 2.75) is 38.3 Å². The first kappa shape index (κ1) is 9.01. The molecule has 2 heteroatoms. The number of hydrogen-bond donors (Lipinski definition) is 2. The van der Waals surface area contributed by atoms with Gasteiger partial charge in [0.1, 0.15) is 0 Å². The van der Waals surface area contributed by atoms with Crippen molar-refractivity contribution < 1.29 is 0 Å². The van der Waals surface area contributed by atoms with E-state index in [1.165, 1.54) is 12.8 Å². The first-order valence-electron chi connectivity index (χ1n) is 4.62. The third kappa shape index (κ3) is 2.80. The number of nitrogens with one attached hydrogen (secondary N) is 2. The molecule has 65 valence electrons. The Bertz CT molecular complexity index is 95.7. The Labute approximate surface area is 69.8 Å². The first-order valence-corrected chi connectivity index (χ1v) is 4.62. The molecule has 1 heterocycles. The molecule has 1 aliphatic rings. The molecule has 1 fully saturated rings. The van der Waals surface area contributed by atoms with Gasteiger partial charge in [0.25, 0.3) is 0 Å². The molecule has 2 atom stereocenters. The van der Waals surface area contributed by atoms with Gasteiger partial charge in [-0.15, -0.1) is 0 Å². The Morgan fingerprint density at radius 3 is 2.36 bits per heavy atom. The molecule has 1 radical (unpaired) electrons. The van der Waals surface area contributed by atoms with Gasteiger partial charge in [0.2, 0.25) is 0 Å². The molecular formula is C9H19N2. The maximum absolute atomic E-state index is 3.88. The van der Waals surface area contributed by atoms with Crippen LogP contribution >= 0.6 is 0 Å². The molecule has 1 rings (SSSR count). The van der Waals surface area contributed by atoms with Crippen LogP contribution in [0.2, 0.25) is 0 Å². The Morgan fingerprint density at radius 2 is 1.91 bits per heavy atom. The smallest absolute Gasteiger partial charge is 0.0193 e. The zero-order valence-electron chi connectivity index (χ0n) is 7.40. The number of piperazine rings is 1. The van der Waals surface area contributed by atoms with Crippen LogP contribution in [0.4, 0.5) is 0 Å². The van der Waals surface area contributed by atoms with Crippen LogP contribution in [0.15, 0.2) is 0 Å². The number of hydrogen-bond acceptors (Lipinski definition) is 2. The van der Waals surface area contributed by atoms with Gasteiger partial charge >= 0.3 is 0 Å². The van der Waals surface area contributed by atoms with Gasteiger partial charge in [0.15, 0.2) is 0 Å². The van der Waals surface area contributed by atoms with Crippen LogP contribution in [0.1, 0.15) is 26.2 Å². The van der Waals surface area contributed by atoms with E-state index < -0.39 is 0 Å². The fourth-order valence-corrected chi connectivity index (χ4v) is 1.52. The molecule has 0 amide bonds. The third-order valence-corrected chi connectivity index (χ3v) is 2.29. The summed E-state index contributed by atoms with van der Waals surface area (Å²) in [6, 6.07) is 1.30. The highest BCUT2D eigenvalue weighted by molar-refractivity contribution is 4.82. The van der Waals surface area contributed by atoms with Crippen molar-refractivity contribution in [2.24, 2.45) is 0 Å². The van der Waals surface area contributed by atoms with E-state index in [1.54, 1.807) is 0 Å². The summed E-state index contributed by atoms with van der Waals surface area (Å²) in [6.07, 6.45) is 3.55. The van der Waals surface area contributed by atoms with Crippen molar-refractivity contribution in [3.63, 3.8) is 0 Å².